The average Bonchev–Trinajstić information content (AvgIpc) is 2.89. The van der Waals surface area contributed by atoms with Crippen molar-refractivity contribution in [2.75, 3.05) is 68.8 Å². The van der Waals surface area contributed by atoms with E-state index >= 15 is 0 Å². The van der Waals surface area contributed by atoms with Crippen LogP contribution in [0.1, 0.15) is 77.2 Å². The fourth-order valence-electron chi connectivity index (χ4n) is 6.67. The summed E-state index contributed by atoms with van der Waals surface area (Å²) in [7, 11) is 0. The standard InChI is InChI=1S/C30H47N3O.ClH/c1-25(2)10-15-31-16-18-33(19-17-31)29-7-6-27(32-20-22-34-23-21-32)24-28(29)26-8-13-30(14-9-26)11-4-3-5-12-30;/h6-8,24-25H,3-5,9-23H2,1-2H3;1H. The molecule has 1 aromatic carbocycles. The molecular formula is C30H48ClN3O. The summed E-state index contributed by atoms with van der Waals surface area (Å²) in [4.78, 5) is 7.87. The highest BCUT2D eigenvalue weighted by Crippen LogP contribution is 2.49. The second-order valence-corrected chi connectivity index (χ2v) is 11.8. The van der Waals surface area contributed by atoms with E-state index in [4.69, 9.17) is 4.74 Å². The molecule has 4 nitrogen and oxygen atoms in total. The lowest BCUT2D eigenvalue weighted by atomic mass is 9.65. The van der Waals surface area contributed by atoms with Crippen LogP contribution < -0.4 is 9.80 Å². The van der Waals surface area contributed by atoms with Crippen molar-refractivity contribution in [3.8, 4) is 0 Å². The molecule has 35 heavy (non-hydrogen) atoms. The minimum absolute atomic E-state index is 0. The topological polar surface area (TPSA) is 19.0 Å². The van der Waals surface area contributed by atoms with Crippen LogP contribution in [0.15, 0.2) is 24.3 Å². The average molecular weight is 502 g/mol. The van der Waals surface area contributed by atoms with Crippen molar-refractivity contribution in [2.45, 2.75) is 71.6 Å². The summed E-state index contributed by atoms with van der Waals surface area (Å²) in [5, 5.41) is 0. The number of hydrogen-bond donors (Lipinski definition) is 0. The lowest BCUT2D eigenvalue weighted by molar-refractivity contribution is 0.122. The van der Waals surface area contributed by atoms with Gasteiger partial charge in [-0.2, -0.15) is 0 Å². The Morgan fingerprint density at radius 2 is 1.63 bits per heavy atom. The SMILES string of the molecule is CC(C)CCN1CCN(c2ccc(N3CCOCC3)cc2C2=CCC3(CCCCC3)CC2)CC1.Cl. The quantitative estimate of drug-likeness (QED) is 0.435. The summed E-state index contributed by atoms with van der Waals surface area (Å²) >= 11 is 0. The van der Waals surface area contributed by atoms with Gasteiger partial charge in [-0.25, -0.2) is 0 Å². The first kappa shape index (κ1) is 26.8. The molecule has 4 aliphatic rings. The van der Waals surface area contributed by atoms with Gasteiger partial charge in [-0.1, -0.05) is 39.2 Å². The van der Waals surface area contributed by atoms with E-state index in [0.717, 1.165) is 45.3 Å². The summed E-state index contributed by atoms with van der Waals surface area (Å²) in [5.41, 5.74) is 6.61. The van der Waals surface area contributed by atoms with E-state index < -0.39 is 0 Å². The van der Waals surface area contributed by atoms with Crippen LogP contribution in [0, 0.1) is 11.3 Å². The molecule has 5 rings (SSSR count). The zero-order chi connectivity index (χ0) is 23.4. The number of halogens is 1. The van der Waals surface area contributed by atoms with Crippen LogP contribution in [0.2, 0.25) is 0 Å². The zero-order valence-electron chi connectivity index (χ0n) is 22.3. The first-order valence-corrected chi connectivity index (χ1v) is 14.3. The second-order valence-electron chi connectivity index (χ2n) is 11.8. The predicted octanol–water partition coefficient (Wildman–Crippen LogP) is 6.63. The number of morpholine rings is 1. The number of anilines is 2. The van der Waals surface area contributed by atoms with Crippen molar-refractivity contribution in [3.05, 3.63) is 29.8 Å². The lowest BCUT2D eigenvalue weighted by Crippen LogP contribution is -2.47. The summed E-state index contributed by atoms with van der Waals surface area (Å²) in [6.07, 6.45) is 15.2. The summed E-state index contributed by atoms with van der Waals surface area (Å²) < 4.78 is 5.63. The monoisotopic (exact) mass is 501 g/mol. The fourth-order valence-corrected chi connectivity index (χ4v) is 6.67. The van der Waals surface area contributed by atoms with Gasteiger partial charge in [0.05, 0.1) is 13.2 Å². The van der Waals surface area contributed by atoms with Crippen molar-refractivity contribution in [3.63, 3.8) is 0 Å². The molecule has 0 aromatic heterocycles. The van der Waals surface area contributed by atoms with Crippen molar-refractivity contribution in [1.82, 2.24) is 4.90 Å². The Labute approximate surface area is 220 Å². The highest BCUT2D eigenvalue weighted by atomic mass is 35.5. The number of nitrogens with zero attached hydrogens (tertiary/aromatic N) is 3. The third-order valence-electron chi connectivity index (χ3n) is 9.06. The molecule has 1 saturated carbocycles. The number of benzene rings is 1. The fraction of sp³-hybridized carbons (Fsp3) is 0.733. The zero-order valence-corrected chi connectivity index (χ0v) is 23.1. The Morgan fingerprint density at radius 1 is 0.886 bits per heavy atom. The lowest BCUT2D eigenvalue weighted by Gasteiger charge is -2.41. The van der Waals surface area contributed by atoms with Crippen LogP contribution in [0.3, 0.4) is 0 Å². The van der Waals surface area contributed by atoms with E-state index in [-0.39, 0.29) is 12.4 Å². The van der Waals surface area contributed by atoms with Crippen LogP contribution in [-0.2, 0) is 4.74 Å². The molecule has 196 valence electrons. The molecule has 2 aliphatic heterocycles. The van der Waals surface area contributed by atoms with Crippen molar-refractivity contribution >= 4 is 29.4 Å². The molecule has 2 aliphatic carbocycles. The summed E-state index contributed by atoms with van der Waals surface area (Å²) in [6.45, 7) is 14.3. The van der Waals surface area contributed by atoms with Crippen LogP contribution in [0.4, 0.5) is 11.4 Å². The Bertz CT molecular complexity index is 834. The largest absolute Gasteiger partial charge is 0.378 e. The van der Waals surface area contributed by atoms with Crippen molar-refractivity contribution < 1.29 is 4.74 Å². The van der Waals surface area contributed by atoms with E-state index in [0.29, 0.717) is 5.41 Å². The molecule has 0 bridgehead atoms. The molecule has 0 radical (unpaired) electrons. The minimum atomic E-state index is 0. The van der Waals surface area contributed by atoms with Gasteiger partial charge in [0.1, 0.15) is 0 Å². The van der Waals surface area contributed by atoms with Crippen molar-refractivity contribution in [2.24, 2.45) is 11.3 Å². The Morgan fingerprint density at radius 3 is 2.29 bits per heavy atom. The van der Waals surface area contributed by atoms with Gasteiger partial charge < -0.3 is 14.5 Å². The van der Waals surface area contributed by atoms with Crippen LogP contribution in [0.25, 0.3) is 5.57 Å². The molecule has 1 spiro atoms. The molecule has 2 heterocycles. The molecule has 0 atom stereocenters. The smallest absolute Gasteiger partial charge is 0.0642 e. The molecule has 2 saturated heterocycles. The van der Waals surface area contributed by atoms with Gasteiger partial charge in [-0.05, 0) is 80.2 Å². The van der Waals surface area contributed by atoms with Gasteiger partial charge in [0, 0.05) is 56.2 Å². The van der Waals surface area contributed by atoms with Gasteiger partial charge in [0.15, 0.2) is 0 Å². The third-order valence-corrected chi connectivity index (χ3v) is 9.06. The normalized spacial score (nSPS) is 23.3. The molecule has 3 fully saturated rings. The summed E-state index contributed by atoms with van der Waals surface area (Å²) in [6, 6.07) is 7.34. The van der Waals surface area contributed by atoms with E-state index in [9.17, 15) is 0 Å². The first-order valence-electron chi connectivity index (χ1n) is 14.3. The number of ether oxygens (including phenoxy) is 1. The van der Waals surface area contributed by atoms with Crippen LogP contribution >= 0.6 is 12.4 Å². The second kappa shape index (κ2) is 12.3. The Hall–Kier alpha value is -1.23. The van der Waals surface area contributed by atoms with Gasteiger partial charge in [0.25, 0.3) is 0 Å². The summed E-state index contributed by atoms with van der Waals surface area (Å²) in [5.74, 6) is 0.795. The predicted molar refractivity (Wildman–Crippen MR) is 152 cm³/mol. The molecular weight excluding hydrogens is 454 g/mol. The highest BCUT2D eigenvalue weighted by molar-refractivity contribution is 5.85. The van der Waals surface area contributed by atoms with Gasteiger partial charge in [-0.3, -0.25) is 4.90 Å². The van der Waals surface area contributed by atoms with Gasteiger partial charge in [-0.15, -0.1) is 12.4 Å². The van der Waals surface area contributed by atoms with E-state index in [1.165, 1.54) is 94.4 Å². The van der Waals surface area contributed by atoms with Crippen LogP contribution in [0.5, 0.6) is 0 Å². The minimum Gasteiger partial charge on any atom is -0.378 e. The number of hydrogen-bond acceptors (Lipinski definition) is 4. The highest BCUT2D eigenvalue weighted by Gasteiger charge is 2.34. The maximum Gasteiger partial charge on any atom is 0.0642 e. The third kappa shape index (κ3) is 6.56. The van der Waals surface area contributed by atoms with E-state index in [1.54, 1.807) is 5.57 Å². The molecule has 1 aromatic rings. The number of allylic oxidation sites excluding steroid dienone is 2. The van der Waals surface area contributed by atoms with Gasteiger partial charge in [0.2, 0.25) is 0 Å². The Kier molecular flexibility index (Phi) is 9.46. The maximum atomic E-state index is 5.63. The van der Waals surface area contributed by atoms with Crippen LogP contribution in [-0.4, -0.2) is 63.9 Å². The molecule has 0 N–H and O–H groups in total. The molecule has 0 amide bonds. The number of piperazine rings is 1. The maximum absolute atomic E-state index is 5.63. The van der Waals surface area contributed by atoms with E-state index in [2.05, 4.69) is 52.8 Å². The van der Waals surface area contributed by atoms with Crippen molar-refractivity contribution in [1.29, 1.82) is 0 Å². The molecule has 5 heteroatoms. The number of rotatable bonds is 6. The molecule has 0 unspecified atom stereocenters. The Balaban J connectivity index is 0.00000289. The van der Waals surface area contributed by atoms with Gasteiger partial charge >= 0.3 is 0 Å². The van der Waals surface area contributed by atoms with E-state index in [1.807, 2.05) is 0 Å². The first-order chi connectivity index (χ1) is 16.6.